The van der Waals surface area contributed by atoms with E-state index in [1.165, 1.54) is 23.9 Å². The van der Waals surface area contributed by atoms with E-state index >= 15 is 0 Å². The molecule has 0 saturated carbocycles. The maximum absolute atomic E-state index is 11.1. The third-order valence-corrected chi connectivity index (χ3v) is 4.35. The van der Waals surface area contributed by atoms with Crippen LogP contribution in [0, 0.1) is 0 Å². The van der Waals surface area contributed by atoms with Crippen LogP contribution in [0.1, 0.15) is 27.9 Å². The van der Waals surface area contributed by atoms with Gasteiger partial charge in [-0.1, -0.05) is 12.1 Å². The van der Waals surface area contributed by atoms with Gasteiger partial charge in [0.2, 0.25) is 5.95 Å². The molecule has 0 bridgehead atoms. The second-order valence-electron chi connectivity index (χ2n) is 6.25. The van der Waals surface area contributed by atoms with Crippen LogP contribution in [0.3, 0.4) is 0 Å². The van der Waals surface area contributed by atoms with E-state index in [4.69, 9.17) is 9.84 Å². The summed E-state index contributed by atoms with van der Waals surface area (Å²) < 4.78 is 5.64. The molecule has 27 heavy (non-hydrogen) atoms. The summed E-state index contributed by atoms with van der Waals surface area (Å²) in [5.74, 6) is 0.430. The van der Waals surface area contributed by atoms with Crippen LogP contribution in [0.2, 0.25) is 0 Å². The van der Waals surface area contributed by atoms with Crippen molar-refractivity contribution in [3.8, 4) is 17.1 Å². The lowest BCUT2D eigenvalue weighted by Crippen LogP contribution is -2.10. The number of carboxylic acids is 1. The van der Waals surface area contributed by atoms with Gasteiger partial charge in [0.25, 0.3) is 0 Å². The van der Waals surface area contributed by atoms with Gasteiger partial charge in [0.05, 0.1) is 23.6 Å². The van der Waals surface area contributed by atoms with E-state index in [1.807, 2.05) is 12.1 Å². The van der Waals surface area contributed by atoms with Crippen molar-refractivity contribution in [1.82, 2.24) is 15.0 Å². The minimum Gasteiger partial charge on any atom is -0.493 e. The fourth-order valence-corrected chi connectivity index (χ4v) is 2.99. The molecule has 0 fully saturated rings. The number of aromatic nitrogens is 3. The molecule has 2 aromatic heterocycles. The number of carboxylic acid groups (broad SMARTS) is 1. The summed E-state index contributed by atoms with van der Waals surface area (Å²) in [7, 11) is 0. The Morgan fingerprint density at radius 2 is 2.00 bits per heavy atom. The monoisotopic (exact) mass is 362 g/mol. The van der Waals surface area contributed by atoms with Gasteiger partial charge in [0, 0.05) is 18.9 Å². The van der Waals surface area contributed by atoms with Gasteiger partial charge in [0.15, 0.2) is 0 Å². The second kappa shape index (κ2) is 7.41. The number of hydrogen-bond acceptors (Lipinski definition) is 6. The lowest BCUT2D eigenvalue weighted by Gasteiger charge is -2.18. The third kappa shape index (κ3) is 3.87. The van der Waals surface area contributed by atoms with Gasteiger partial charge >= 0.3 is 5.97 Å². The van der Waals surface area contributed by atoms with E-state index in [9.17, 15) is 4.79 Å². The molecular formula is C20H18N4O3. The van der Waals surface area contributed by atoms with Crippen LogP contribution in [-0.2, 0) is 13.0 Å². The Morgan fingerprint density at radius 1 is 1.11 bits per heavy atom. The highest BCUT2D eigenvalue weighted by Crippen LogP contribution is 2.26. The molecule has 0 aliphatic carbocycles. The molecule has 2 N–H and O–H groups in total. The van der Waals surface area contributed by atoms with Crippen molar-refractivity contribution in [2.45, 2.75) is 19.4 Å². The molecule has 1 aromatic carbocycles. The highest BCUT2D eigenvalue weighted by molar-refractivity contribution is 5.88. The number of aromatic carboxylic acids is 1. The van der Waals surface area contributed by atoms with Crippen molar-refractivity contribution in [2.75, 3.05) is 11.9 Å². The Labute approximate surface area is 156 Å². The Balaban J connectivity index is 1.50. The van der Waals surface area contributed by atoms with E-state index in [0.29, 0.717) is 23.9 Å². The van der Waals surface area contributed by atoms with Gasteiger partial charge in [-0.3, -0.25) is 4.98 Å². The highest BCUT2D eigenvalue weighted by atomic mass is 16.5. The first-order valence-electron chi connectivity index (χ1n) is 8.70. The van der Waals surface area contributed by atoms with E-state index < -0.39 is 5.97 Å². The molecule has 4 rings (SSSR count). The van der Waals surface area contributed by atoms with E-state index in [1.54, 1.807) is 12.3 Å². The first-order valence-corrected chi connectivity index (χ1v) is 8.70. The summed E-state index contributed by atoms with van der Waals surface area (Å²) in [4.78, 5) is 24.0. The zero-order valence-electron chi connectivity index (χ0n) is 14.6. The molecule has 0 amide bonds. The molecule has 0 radical (unpaired) electrons. The number of hydrogen-bond donors (Lipinski definition) is 2. The summed E-state index contributed by atoms with van der Waals surface area (Å²) in [5.41, 5.74) is 3.58. The lowest BCUT2D eigenvalue weighted by atomic mass is 10.0. The van der Waals surface area contributed by atoms with Crippen LogP contribution in [-0.4, -0.2) is 32.6 Å². The number of aryl methyl sites for hydroxylation is 1. The van der Waals surface area contributed by atoms with Gasteiger partial charge in [-0.15, -0.1) is 0 Å². The van der Waals surface area contributed by atoms with Crippen LogP contribution in [0.25, 0.3) is 11.4 Å². The normalized spacial score (nSPS) is 12.7. The predicted octanol–water partition coefficient (Wildman–Crippen LogP) is 3.17. The van der Waals surface area contributed by atoms with Crippen molar-refractivity contribution in [2.24, 2.45) is 0 Å². The first-order chi connectivity index (χ1) is 13.2. The van der Waals surface area contributed by atoms with Crippen molar-refractivity contribution < 1.29 is 14.6 Å². The molecular weight excluding hydrogens is 344 g/mol. The number of nitrogens with one attached hydrogen (secondary N) is 1. The van der Waals surface area contributed by atoms with E-state index in [2.05, 4.69) is 26.3 Å². The summed E-state index contributed by atoms with van der Waals surface area (Å²) in [5, 5.41) is 12.3. The van der Waals surface area contributed by atoms with Crippen molar-refractivity contribution in [3.63, 3.8) is 0 Å². The second-order valence-corrected chi connectivity index (χ2v) is 6.25. The highest BCUT2D eigenvalue weighted by Gasteiger charge is 2.11. The molecule has 3 heterocycles. The number of pyridine rings is 1. The minimum atomic E-state index is -0.998. The number of ether oxygens (including phenoxy) is 1. The Morgan fingerprint density at radius 3 is 2.89 bits per heavy atom. The fourth-order valence-electron chi connectivity index (χ4n) is 2.99. The van der Waals surface area contributed by atoms with E-state index in [0.717, 1.165) is 30.8 Å². The zero-order chi connectivity index (χ0) is 18.6. The Hall–Kier alpha value is -3.48. The molecule has 0 saturated heterocycles. The zero-order valence-corrected chi connectivity index (χ0v) is 14.6. The Bertz CT molecular complexity index is 990. The standard InChI is InChI=1S/C20H18N4O3/c25-19(26)15-5-7-21-17(11-15)16-6-8-22-20(24-16)23-12-13-3-4-18-14(10-13)2-1-9-27-18/h3-8,10-11H,1-2,9,12H2,(H,25,26)(H,22,23,24). The van der Waals surface area contributed by atoms with Crippen LogP contribution >= 0.6 is 0 Å². The molecule has 1 aliphatic heterocycles. The van der Waals surface area contributed by atoms with Gasteiger partial charge in [-0.05, 0) is 48.2 Å². The lowest BCUT2D eigenvalue weighted by molar-refractivity contribution is 0.0697. The number of rotatable bonds is 5. The third-order valence-electron chi connectivity index (χ3n) is 4.35. The molecule has 7 heteroatoms. The SMILES string of the molecule is O=C(O)c1ccnc(-c2ccnc(NCc3ccc4c(c3)CCCO4)n2)c1. The molecule has 7 nitrogen and oxygen atoms in total. The number of fused-ring (bicyclic) bond motifs is 1. The maximum atomic E-state index is 11.1. The van der Waals surface area contributed by atoms with Crippen molar-refractivity contribution in [3.05, 3.63) is 65.5 Å². The van der Waals surface area contributed by atoms with Crippen LogP contribution in [0.5, 0.6) is 5.75 Å². The molecule has 0 atom stereocenters. The summed E-state index contributed by atoms with van der Waals surface area (Å²) in [6, 6.07) is 10.8. The van der Waals surface area contributed by atoms with E-state index in [-0.39, 0.29) is 5.56 Å². The number of nitrogens with zero attached hydrogens (tertiary/aromatic N) is 3. The minimum absolute atomic E-state index is 0.171. The molecule has 3 aromatic rings. The van der Waals surface area contributed by atoms with Crippen molar-refractivity contribution >= 4 is 11.9 Å². The van der Waals surface area contributed by atoms with Gasteiger partial charge in [-0.25, -0.2) is 14.8 Å². The first kappa shape index (κ1) is 17.0. The number of benzene rings is 1. The fraction of sp³-hybridized carbons (Fsp3) is 0.200. The van der Waals surface area contributed by atoms with Crippen LogP contribution < -0.4 is 10.1 Å². The van der Waals surface area contributed by atoms with Crippen LogP contribution in [0.4, 0.5) is 5.95 Å². The largest absolute Gasteiger partial charge is 0.493 e. The number of anilines is 1. The smallest absolute Gasteiger partial charge is 0.335 e. The van der Waals surface area contributed by atoms with Gasteiger partial charge < -0.3 is 15.2 Å². The molecule has 0 spiro atoms. The average Bonchev–Trinajstić information content (AvgIpc) is 2.72. The summed E-state index contributed by atoms with van der Waals surface area (Å²) >= 11 is 0. The summed E-state index contributed by atoms with van der Waals surface area (Å²) in [6.45, 7) is 1.36. The van der Waals surface area contributed by atoms with Gasteiger partial charge in [-0.2, -0.15) is 0 Å². The number of carbonyl (C=O) groups is 1. The van der Waals surface area contributed by atoms with Crippen LogP contribution in [0.15, 0.2) is 48.8 Å². The quantitative estimate of drug-likeness (QED) is 0.719. The Kier molecular flexibility index (Phi) is 4.65. The average molecular weight is 362 g/mol. The van der Waals surface area contributed by atoms with Crippen molar-refractivity contribution in [1.29, 1.82) is 0 Å². The molecule has 1 aliphatic rings. The topological polar surface area (TPSA) is 97.2 Å². The predicted molar refractivity (Wildman–Crippen MR) is 99.8 cm³/mol. The summed E-state index contributed by atoms with van der Waals surface area (Å²) in [6.07, 6.45) is 5.15. The van der Waals surface area contributed by atoms with Gasteiger partial charge in [0.1, 0.15) is 5.75 Å². The molecule has 136 valence electrons. The maximum Gasteiger partial charge on any atom is 0.335 e. The molecule has 0 unspecified atom stereocenters.